The van der Waals surface area contributed by atoms with Gasteiger partial charge >= 0.3 is 5.97 Å². The lowest BCUT2D eigenvalue weighted by Gasteiger charge is -1.99. The minimum Gasteiger partial charge on any atom is -0.478 e. The number of hydrogen-bond donors (Lipinski definition) is 2. The van der Waals surface area contributed by atoms with Crippen LogP contribution < -0.4 is 0 Å². The molecule has 0 bridgehead atoms. The average molecular weight is 220 g/mol. The Hall–Kier alpha value is -2.04. The Kier molecular flexibility index (Phi) is 2.76. The number of nitrogens with zero attached hydrogens (tertiary/aromatic N) is 1. The second-order valence-corrected chi connectivity index (χ2v) is 3.60. The topological polar surface area (TPSA) is 79.1 Å². The molecule has 0 amide bonds. The molecule has 0 unspecified atom stereocenters. The lowest BCUT2D eigenvalue weighted by Crippen LogP contribution is -2.01. The molecule has 5 nitrogen and oxygen atoms in total. The first-order valence-electron chi connectivity index (χ1n) is 4.98. The van der Waals surface area contributed by atoms with E-state index in [9.17, 15) is 4.79 Å². The third kappa shape index (κ3) is 1.98. The number of rotatable bonds is 4. The molecule has 0 aromatic carbocycles. The zero-order chi connectivity index (χ0) is 11.5. The van der Waals surface area contributed by atoms with Gasteiger partial charge in [0, 0.05) is 17.5 Å². The van der Waals surface area contributed by atoms with E-state index in [0.29, 0.717) is 12.0 Å². The summed E-state index contributed by atoms with van der Waals surface area (Å²) in [5, 5.41) is 12.7. The van der Waals surface area contributed by atoms with Crippen LogP contribution in [0.15, 0.2) is 23.0 Å². The van der Waals surface area contributed by atoms with Crippen molar-refractivity contribution in [1.29, 1.82) is 0 Å². The third-order valence-corrected chi connectivity index (χ3v) is 2.56. The van der Waals surface area contributed by atoms with Gasteiger partial charge in [-0.25, -0.2) is 4.79 Å². The maximum absolute atomic E-state index is 10.9. The Bertz CT molecular complexity index is 499. The number of H-pyrrole nitrogens is 1. The minimum absolute atomic E-state index is 0.328. The van der Waals surface area contributed by atoms with Crippen molar-refractivity contribution in [2.45, 2.75) is 19.8 Å². The smallest absolute Gasteiger partial charge is 0.337 e. The second kappa shape index (κ2) is 4.22. The molecule has 0 aliphatic rings. The van der Waals surface area contributed by atoms with Crippen LogP contribution in [0.1, 0.15) is 27.3 Å². The molecule has 2 heterocycles. The number of nitrogens with one attached hydrogen (secondary N) is 1. The molecule has 84 valence electrons. The van der Waals surface area contributed by atoms with E-state index >= 15 is 0 Å². The van der Waals surface area contributed by atoms with Crippen molar-refractivity contribution < 1.29 is 14.4 Å². The van der Waals surface area contributed by atoms with Crippen LogP contribution in [0, 0.1) is 6.92 Å². The SMILES string of the molecule is Cc1nocc1CCc1[nH]ccc1C(=O)O. The molecule has 0 spiro atoms. The molecular formula is C11H12N2O3. The Labute approximate surface area is 92.1 Å². The van der Waals surface area contributed by atoms with Crippen molar-refractivity contribution in [3.63, 3.8) is 0 Å². The van der Waals surface area contributed by atoms with Crippen LogP contribution in [0.25, 0.3) is 0 Å². The number of aromatic nitrogens is 2. The summed E-state index contributed by atoms with van der Waals surface area (Å²) in [6.45, 7) is 1.87. The molecule has 0 saturated heterocycles. The molecule has 0 aliphatic heterocycles. The molecule has 2 rings (SSSR count). The number of carbonyl (C=O) groups is 1. The first-order valence-corrected chi connectivity index (χ1v) is 4.98. The summed E-state index contributed by atoms with van der Waals surface area (Å²) in [6.07, 6.45) is 4.59. The van der Waals surface area contributed by atoms with Gasteiger partial charge < -0.3 is 14.6 Å². The van der Waals surface area contributed by atoms with Gasteiger partial charge in [-0.1, -0.05) is 5.16 Å². The molecule has 5 heteroatoms. The summed E-state index contributed by atoms with van der Waals surface area (Å²) < 4.78 is 4.82. The molecule has 2 aromatic rings. The van der Waals surface area contributed by atoms with Gasteiger partial charge in [0.25, 0.3) is 0 Å². The van der Waals surface area contributed by atoms with Crippen LogP contribution >= 0.6 is 0 Å². The van der Waals surface area contributed by atoms with Crippen molar-refractivity contribution >= 4 is 5.97 Å². The average Bonchev–Trinajstić information content (AvgIpc) is 2.83. The molecule has 16 heavy (non-hydrogen) atoms. The van der Waals surface area contributed by atoms with E-state index in [0.717, 1.165) is 23.4 Å². The quantitative estimate of drug-likeness (QED) is 0.823. The second-order valence-electron chi connectivity index (χ2n) is 3.60. The lowest BCUT2D eigenvalue weighted by atomic mass is 10.1. The number of carboxylic acid groups (broad SMARTS) is 1. The summed E-state index contributed by atoms with van der Waals surface area (Å²) in [5.74, 6) is -0.904. The van der Waals surface area contributed by atoms with Gasteiger partial charge in [-0.3, -0.25) is 0 Å². The number of aryl methyl sites for hydroxylation is 3. The summed E-state index contributed by atoms with van der Waals surface area (Å²) in [6, 6.07) is 1.57. The Morgan fingerprint density at radius 2 is 2.38 bits per heavy atom. The zero-order valence-electron chi connectivity index (χ0n) is 8.86. The Morgan fingerprint density at radius 3 is 3.00 bits per heavy atom. The zero-order valence-corrected chi connectivity index (χ0v) is 8.86. The molecular weight excluding hydrogens is 208 g/mol. The third-order valence-electron chi connectivity index (χ3n) is 2.56. The van der Waals surface area contributed by atoms with E-state index in [2.05, 4.69) is 10.1 Å². The molecule has 0 fully saturated rings. The Morgan fingerprint density at radius 1 is 1.56 bits per heavy atom. The van der Waals surface area contributed by atoms with Crippen LogP contribution in [0.3, 0.4) is 0 Å². The van der Waals surface area contributed by atoms with Crippen LogP contribution in [-0.2, 0) is 12.8 Å². The predicted octanol–water partition coefficient (Wildman–Crippen LogP) is 1.79. The molecule has 2 N–H and O–H groups in total. The fourth-order valence-electron chi connectivity index (χ4n) is 1.62. The van der Waals surface area contributed by atoms with Crippen LogP contribution in [0.4, 0.5) is 0 Å². The van der Waals surface area contributed by atoms with Crippen molar-refractivity contribution in [3.8, 4) is 0 Å². The van der Waals surface area contributed by atoms with Crippen molar-refractivity contribution in [2.75, 3.05) is 0 Å². The highest BCUT2D eigenvalue weighted by molar-refractivity contribution is 5.88. The van der Waals surface area contributed by atoms with Crippen molar-refractivity contribution in [1.82, 2.24) is 10.1 Å². The van der Waals surface area contributed by atoms with Crippen LogP contribution in [0.2, 0.25) is 0 Å². The first kappa shape index (κ1) is 10.5. The number of hydrogen-bond acceptors (Lipinski definition) is 3. The summed E-state index contributed by atoms with van der Waals surface area (Å²) in [7, 11) is 0. The van der Waals surface area contributed by atoms with Gasteiger partial charge in [-0.15, -0.1) is 0 Å². The van der Waals surface area contributed by atoms with Crippen molar-refractivity contribution in [2.24, 2.45) is 0 Å². The fraction of sp³-hybridized carbons (Fsp3) is 0.273. The normalized spacial score (nSPS) is 10.6. The standard InChI is InChI=1S/C11H12N2O3/c1-7-8(6-16-13-7)2-3-10-9(11(14)15)4-5-12-10/h4-6,12H,2-3H2,1H3,(H,14,15). The molecule has 0 aliphatic carbocycles. The Balaban J connectivity index is 2.08. The molecule has 0 radical (unpaired) electrons. The van der Waals surface area contributed by atoms with E-state index in [1.165, 1.54) is 0 Å². The van der Waals surface area contributed by atoms with E-state index in [-0.39, 0.29) is 0 Å². The maximum atomic E-state index is 10.9. The van der Waals surface area contributed by atoms with Crippen molar-refractivity contribution in [3.05, 3.63) is 41.0 Å². The van der Waals surface area contributed by atoms with E-state index in [1.54, 1.807) is 18.5 Å². The largest absolute Gasteiger partial charge is 0.478 e. The van der Waals surface area contributed by atoms with Gasteiger partial charge in [0.15, 0.2) is 0 Å². The van der Waals surface area contributed by atoms with E-state index in [1.807, 2.05) is 6.92 Å². The van der Waals surface area contributed by atoms with Gasteiger partial charge in [0.2, 0.25) is 0 Å². The van der Waals surface area contributed by atoms with Gasteiger partial charge in [-0.05, 0) is 25.8 Å². The summed E-state index contributed by atoms with van der Waals surface area (Å²) >= 11 is 0. The van der Waals surface area contributed by atoms with E-state index in [4.69, 9.17) is 9.63 Å². The maximum Gasteiger partial charge on any atom is 0.337 e. The summed E-state index contributed by atoms with van der Waals surface area (Å²) in [5.41, 5.74) is 2.91. The van der Waals surface area contributed by atoms with Gasteiger partial charge in [0.1, 0.15) is 6.26 Å². The number of aromatic amines is 1. The highest BCUT2D eigenvalue weighted by atomic mass is 16.5. The molecule has 2 aromatic heterocycles. The monoisotopic (exact) mass is 220 g/mol. The molecule has 0 saturated carbocycles. The van der Waals surface area contributed by atoms with Crippen LogP contribution in [0.5, 0.6) is 0 Å². The number of aromatic carboxylic acids is 1. The first-order chi connectivity index (χ1) is 7.68. The van der Waals surface area contributed by atoms with Gasteiger partial charge in [-0.2, -0.15) is 0 Å². The summed E-state index contributed by atoms with van der Waals surface area (Å²) in [4.78, 5) is 13.8. The highest BCUT2D eigenvalue weighted by Gasteiger charge is 2.11. The lowest BCUT2D eigenvalue weighted by molar-refractivity contribution is 0.0696. The molecule has 0 atom stereocenters. The van der Waals surface area contributed by atoms with E-state index < -0.39 is 5.97 Å². The fourth-order valence-corrected chi connectivity index (χ4v) is 1.62. The minimum atomic E-state index is -0.904. The van der Waals surface area contributed by atoms with Crippen LogP contribution in [-0.4, -0.2) is 21.2 Å². The predicted molar refractivity (Wildman–Crippen MR) is 56.4 cm³/mol. The highest BCUT2D eigenvalue weighted by Crippen LogP contribution is 2.12. The van der Waals surface area contributed by atoms with Gasteiger partial charge in [0.05, 0.1) is 11.3 Å². The number of carboxylic acids is 1.